The van der Waals surface area contributed by atoms with E-state index in [1.807, 2.05) is 44.2 Å². The zero-order valence-corrected chi connectivity index (χ0v) is 12.7. The summed E-state index contributed by atoms with van der Waals surface area (Å²) in [5, 5.41) is 4.40. The summed E-state index contributed by atoms with van der Waals surface area (Å²) < 4.78 is 6.94. The van der Waals surface area contributed by atoms with E-state index in [1.54, 1.807) is 17.9 Å². The highest BCUT2D eigenvalue weighted by molar-refractivity contribution is 5.64. The topological polar surface area (TPSA) is 78.9 Å². The average Bonchev–Trinajstić information content (AvgIpc) is 2.85. The van der Waals surface area contributed by atoms with Gasteiger partial charge in [-0.2, -0.15) is 10.1 Å². The molecule has 3 aromatic rings. The van der Waals surface area contributed by atoms with Crippen LogP contribution in [0.15, 0.2) is 36.4 Å². The molecule has 2 aromatic heterocycles. The first-order valence-corrected chi connectivity index (χ1v) is 6.89. The molecule has 0 aliphatic rings. The summed E-state index contributed by atoms with van der Waals surface area (Å²) in [4.78, 5) is 8.86. The normalized spacial score (nSPS) is 10.7. The second-order valence-electron chi connectivity index (χ2n) is 5.05. The second kappa shape index (κ2) is 5.48. The predicted octanol–water partition coefficient (Wildman–Crippen LogP) is 2.54. The zero-order valence-electron chi connectivity index (χ0n) is 12.7. The van der Waals surface area contributed by atoms with Crippen molar-refractivity contribution in [1.82, 2.24) is 19.7 Å². The number of nitrogens with zero attached hydrogens (tertiary/aromatic N) is 4. The third-order valence-electron chi connectivity index (χ3n) is 3.30. The highest BCUT2D eigenvalue weighted by atomic mass is 16.5. The lowest BCUT2D eigenvalue weighted by molar-refractivity contribution is 0.415. The van der Waals surface area contributed by atoms with Crippen molar-refractivity contribution in [3.8, 4) is 23.0 Å². The summed E-state index contributed by atoms with van der Waals surface area (Å²) in [6.45, 7) is 3.89. The van der Waals surface area contributed by atoms with Crippen LogP contribution >= 0.6 is 0 Å². The van der Waals surface area contributed by atoms with Gasteiger partial charge >= 0.3 is 0 Å². The Balaban J connectivity index is 2.12. The Kier molecular flexibility index (Phi) is 3.50. The molecule has 3 rings (SSSR count). The van der Waals surface area contributed by atoms with Gasteiger partial charge < -0.3 is 10.5 Å². The van der Waals surface area contributed by atoms with Gasteiger partial charge in [-0.15, -0.1) is 0 Å². The number of nitrogens with two attached hydrogens (primary N) is 1. The van der Waals surface area contributed by atoms with Crippen molar-refractivity contribution >= 4 is 5.82 Å². The fourth-order valence-electron chi connectivity index (χ4n) is 2.31. The SMILES string of the molecule is COc1cccc(-c2cc(N)nc(-n3nc(C)cc3C)n2)c1. The minimum Gasteiger partial charge on any atom is -0.497 e. The van der Waals surface area contributed by atoms with E-state index in [4.69, 9.17) is 10.5 Å². The molecule has 0 aliphatic carbocycles. The van der Waals surface area contributed by atoms with E-state index in [0.717, 1.165) is 28.4 Å². The lowest BCUT2D eigenvalue weighted by Crippen LogP contribution is -2.07. The number of hydrogen-bond donors (Lipinski definition) is 1. The number of ether oxygens (including phenoxy) is 1. The Hall–Kier alpha value is -2.89. The van der Waals surface area contributed by atoms with Gasteiger partial charge in [0.1, 0.15) is 11.6 Å². The van der Waals surface area contributed by atoms with Gasteiger partial charge in [-0.1, -0.05) is 12.1 Å². The minimum absolute atomic E-state index is 0.398. The second-order valence-corrected chi connectivity index (χ2v) is 5.05. The first kappa shape index (κ1) is 14.1. The van der Waals surface area contributed by atoms with Gasteiger partial charge in [0, 0.05) is 17.3 Å². The molecule has 0 fully saturated rings. The Labute approximate surface area is 128 Å². The van der Waals surface area contributed by atoms with Crippen molar-refractivity contribution in [1.29, 1.82) is 0 Å². The molecule has 1 aromatic carbocycles. The van der Waals surface area contributed by atoms with Crippen molar-refractivity contribution in [3.05, 3.63) is 47.8 Å². The van der Waals surface area contributed by atoms with Gasteiger partial charge in [-0.05, 0) is 32.0 Å². The molecule has 0 radical (unpaired) electrons. The molecule has 22 heavy (non-hydrogen) atoms. The Bertz CT molecular complexity index is 825. The van der Waals surface area contributed by atoms with Crippen LogP contribution in [0.4, 0.5) is 5.82 Å². The number of hydrogen-bond acceptors (Lipinski definition) is 5. The fraction of sp³-hybridized carbons (Fsp3) is 0.188. The fourth-order valence-corrected chi connectivity index (χ4v) is 2.31. The van der Waals surface area contributed by atoms with Crippen LogP contribution in [0, 0.1) is 13.8 Å². The number of rotatable bonds is 3. The van der Waals surface area contributed by atoms with Gasteiger partial charge in [0.25, 0.3) is 5.95 Å². The molecule has 6 nitrogen and oxygen atoms in total. The Morgan fingerprint density at radius 3 is 2.59 bits per heavy atom. The molecule has 0 saturated heterocycles. The molecule has 2 N–H and O–H groups in total. The van der Waals surface area contributed by atoms with Gasteiger partial charge in [-0.3, -0.25) is 0 Å². The number of nitrogen functional groups attached to an aromatic ring is 1. The maximum atomic E-state index is 5.94. The molecular formula is C16H17N5O. The van der Waals surface area contributed by atoms with E-state index in [2.05, 4.69) is 15.1 Å². The Morgan fingerprint density at radius 1 is 1.09 bits per heavy atom. The Morgan fingerprint density at radius 2 is 1.91 bits per heavy atom. The van der Waals surface area contributed by atoms with Crippen LogP contribution in [-0.2, 0) is 0 Å². The van der Waals surface area contributed by atoms with Crippen LogP contribution in [-0.4, -0.2) is 26.9 Å². The largest absolute Gasteiger partial charge is 0.497 e. The van der Waals surface area contributed by atoms with Gasteiger partial charge in [-0.25, -0.2) is 9.67 Å². The molecule has 0 atom stereocenters. The van der Waals surface area contributed by atoms with Crippen LogP contribution in [0.1, 0.15) is 11.4 Å². The van der Waals surface area contributed by atoms with Gasteiger partial charge in [0.2, 0.25) is 0 Å². The quantitative estimate of drug-likeness (QED) is 0.803. The molecule has 2 heterocycles. The predicted molar refractivity (Wildman–Crippen MR) is 85.0 cm³/mol. The van der Waals surface area contributed by atoms with Gasteiger partial charge in [0.15, 0.2) is 0 Å². The first-order chi connectivity index (χ1) is 10.6. The smallest absolute Gasteiger partial charge is 0.253 e. The monoisotopic (exact) mass is 295 g/mol. The summed E-state index contributed by atoms with van der Waals surface area (Å²) in [6.07, 6.45) is 0. The van der Waals surface area contributed by atoms with Gasteiger partial charge in [0.05, 0.1) is 18.5 Å². The number of benzene rings is 1. The number of aromatic nitrogens is 4. The number of aryl methyl sites for hydroxylation is 2. The molecule has 0 spiro atoms. The molecule has 6 heteroatoms. The highest BCUT2D eigenvalue weighted by Crippen LogP contribution is 2.24. The van der Waals surface area contributed by atoms with Crippen LogP contribution in [0.5, 0.6) is 5.75 Å². The third kappa shape index (κ3) is 2.63. The van der Waals surface area contributed by atoms with Crippen LogP contribution in [0.25, 0.3) is 17.2 Å². The average molecular weight is 295 g/mol. The van der Waals surface area contributed by atoms with Crippen LogP contribution in [0.2, 0.25) is 0 Å². The number of methoxy groups -OCH3 is 1. The lowest BCUT2D eigenvalue weighted by atomic mass is 10.1. The zero-order chi connectivity index (χ0) is 15.7. The van der Waals surface area contributed by atoms with E-state index in [-0.39, 0.29) is 0 Å². The molecule has 0 unspecified atom stereocenters. The standard InChI is InChI=1S/C16H17N5O/c1-10-7-11(2)21(20-10)16-18-14(9-15(17)19-16)12-5-4-6-13(8-12)22-3/h4-9H,1-3H3,(H2,17,18,19). The summed E-state index contributed by atoms with van der Waals surface area (Å²) in [6, 6.07) is 11.4. The molecule has 0 saturated carbocycles. The van der Waals surface area contributed by atoms with E-state index < -0.39 is 0 Å². The summed E-state index contributed by atoms with van der Waals surface area (Å²) in [5.41, 5.74) is 9.45. The highest BCUT2D eigenvalue weighted by Gasteiger charge is 2.11. The summed E-state index contributed by atoms with van der Waals surface area (Å²) in [7, 11) is 1.63. The van der Waals surface area contributed by atoms with Crippen LogP contribution in [0.3, 0.4) is 0 Å². The maximum Gasteiger partial charge on any atom is 0.253 e. The van der Waals surface area contributed by atoms with E-state index >= 15 is 0 Å². The molecule has 112 valence electrons. The van der Waals surface area contributed by atoms with Crippen molar-refractivity contribution in [3.63, 3.8) is 0 Å². The van der Waals surface area contributed by atoms with E-state index in [1.165, 1.54) is 0 Å². The van der Waals surface area contributed by atoms with Crippen molar-refractivity contribution in [2.45, 2.75) is 13.8 Å². The maximum absolute atomic E-state index is 5.94. The third-order valence-corrected chi connectivity index (χ3v) is 3.30. The summed E-state index contributed by atoms with van der Waals surface area (Å²) >= 11 is 0. The minimum atomic E-state index is 0.398. The van der Waals surface area contributed by atoms with E-state index in [9.17, 15) is 0 Å². The van der Waals surface area contributed by atoms with E-state index in [0.29, 0.717) is 11.8 Å². The molecule has 0 amide bonds. The first-order valence-electron chi connectivity index (χ1n) is 6.89. The molecular weight excluding hydrogens is 278 g/mol. The summed E-state index contributed by atoms with van der Waals surface area (Å²) in [5.74, 6) is 1.63. The van der Waals surface area contributed by atoms with Crippen molar-refractivity contribution < 1.29 is 4.74 Å². The molecule has 0 bridgehead atoms. The van der Waals surface area contributed by atoms with Crippen molar-refractivity contribution in [2.75, 3.05) is 12.8 Å². The number of anilines is 1. The lowest BCUT2D eigenvalue weighted by Gasteiger charge is -2.08. The van der Waals surface area contributed by atoms with Crippen LogP contribution < -0.4 is 10.5 Å². The molecule has 0 aliphatic heterocycles. The van der Waals surface area contributed by atoms with Crippen molar-refractivity contribution in [2.24, 2.45) is 0 Å².